The molecule has 0 spiro atoms. The van der Waals surface area contributed by atoms with E-state index in [9.17, 15) is 4.79 Å². The molecule has 1 rings (SSSR count). The summed E-state index contributed by atoms with van der Waals surface area (Å²) >= 11 is 0. The normalized spacial score (nSPS) is 11.2. The van der Waals surface area contributed by atoms with E-state index in [-0.39, 0.29) is 5.91 Å². The highest BCUT2D eigenvalue weighted by molar-refractivity contribution is 5.97. The quantitative estimate of drug-likeness (QED) is 0.780. The van der Waals surface area contributed by atoms with Crippen LogP contribution in [-0.4, -0.2) is 30.2 Å². The summed E-state index contributed by atoms with van der Waals surface area (Å²) < 4.78 is 10.7. The highest BCUT2D eigenvalue weighted by Crippen LogP contribution is 2.19. The number of carbonyl (C=O) groups excluding carboxylic acids is 1. The number of aryl methyl sites for hydroxylation is 1. The van der Waals surface area contributed by atoms with Crippen LogP contribution in [0.3, 0.4) is 0 Å². The lowest BCUT2D eigenvalue weighted by atomic mass is 10.1. The highest BCUT2D eigenvalue weighted by Gasteiger charge is 2.27. The van der Waals surface area contributed by atoms with Crippen molar-refractivity contribution in [2.75, 3.05) is 19.0 Å². The van der Waals surface area contributed by atoms with Gasteiger partial charge in [0, 0.05) is 13.2 Å². The van der Waals surface area contributed by atoms with Crippen LogP contribution in [0.2, 0.25) is 0 Å². The number of methoxy groups -OCH3 is 1. The van der Waals surface area contributed by atoms with Gasteiger partial charge in [-0.25, -0.2) is 4.98 Å². The second-order valence-corrected chi connectivity index (χ2v) is 5.15. The highest BCUT2D eigenvalue weighted by atomic mass is 16.5. The second kappa shape index (κ2) is 7.24. The van der Waals surface area contributed by atoms with Gasteiger partial charge in [0.15, 0.2) is 0 Å². The topological polar surface area (TPSA) is 60.5 Å². The van der Waals surface area contributed by atoms with Crippen molar-refractivity contribution in [3.63, 3.8) is 0 Å². The number of unbranched alkanes of at least 4 members (excludes halogenated alkanes) is 1. The number of amides is 1. The van der Waals surface area contributed by atoms with Gasteiger partial charge in [-0.3, -0.25) is 4.79 Å². The molecule has 0 radical (unpaired) electrons. The maximum Gasteiger partial charge on any atom is 0.256 e. The Morgan fingerprint density at radius 3 is 2.65 bits per heavy atom. The summed E-state index contributed by atoms with van der Waals surface area (Å²) in [6, 6.07) is 3.56. The number of hydrogen-bond acceptors (Lipinski definition) is 4. The number of nitrogens with one attached hydrogen (secondary N) is 1. The molecule has 5 nitrogen and oxygen atoms in total. The molecule has 20 heavy (non-hydrogen) atoms. The minimum absolute atomic E-state index is 0.204. The first-order valence-corrected chi connectivity index (χ1v) is 6.87. The van der Waals surface area contributed by atoms with E-state index in [0.717, 1.165) is 18.5 Å². The number of rotatable bonds is 7. The van der Waals surface area contributed by atoms with Crippen molar-refractivity contribution in [2.45, 2.75) is 46.1 Å². The SMILES string of the molecule is CCCCOc1ccc(NC(=O)C(C)(C)OC)c(C)n1. The molecular weight excluding hydrogens is 256 g/mol. The average Bonchev–Trinajstić information content (AvgIpc) is 2.41. The average molecular weight is 280 g/mol. The number of nitrogens with zero attached hydrogens (tertiary/aromatic N) is 1. The molecule has 0 atom stereocenters. The van der Waals surface area contributed by atoms with E-state index in [2.05, 4.69) is 17.2 Å². The van der Waals surface area contributed by atoms with Gasteiger partial charge < -0.3 is 14.8 Å². The molecule has 0 saturated carbocycles. The number of anilines is 1. The van der Waals surface area contributed by atoms with Gasteiger partial charge in [-0.1, -0.05) is 13.3 Å². The zero-order valence-corrected chi connectivity index (χ0v) is 12.9. The van der Waals surface area contributed by atoms with Crippen molar-refractivity contribution >= 4 is 11.6 Å². The number of carbonyl (C=O) groups is 1. The van der Waals surface area contributed by atoms with Gasteiger partial charge in [0.05, 0.1) is 18.0 Å². The summed E-state index contributed by atoms with van der Waals surface area (Å²) in [4.78, 5) is 16.3. The summed E-state index contributed by atoms with van der Waals surface area (Å²) in [6.45, 7) is 8.03. The molecule has 1 aromatic rings. The molecule has 1 aromatic heterocycles. The molecule has 0 aromatic carbocycles. The van der Waals surface area contributed by atoms with Gasteiger partial charge in [-0.2, -0.15) is 0 Å². The van der Waals surface area contributed by atoms with Crippen LogP contribution in [0.25, 0.3) is 0 Å². The Morgan fingerprint density at radius 2 is 2.10 bits per heavy atom. The van der Waals surface area contributed by atoms with Crippen LogP contribution >= 0.6 is 0 Å². The van der Waals surface area contributed by atoms with E-state index in [1.165, 1.54) is 7.11 Å². The largest absolute Gasteiger partial charge is 0.478 e. The van der Waals surface area contributed by atoms with Crippen molar-refractivity contribution in [3.05, 3.63) is 17.8 Å². The van der Waals surface area contributed by atoms with Gasteiger partial charge in [0.1, 0.15) is 5.60 Å². The number of aromatic nitrogens is 1. The van der Waals surface area contributed by atoms with Crippen molar-refractivity contribution in [2.24, 2.45) is 0 Å². The van der Waals surface area contributed by atoms with E-state index in [1.807, 2.05) is 6.92 Å². The molecule has 0 aliphatic heterocycles. The van der Waals surface area contributed by atoms with E-state index < -0.39 is 5.60 Å². The molecule has 5 heteroatoms. The lowest BCUT2D eigenvalue weighted by molar-refractivity contribution is -0.133. The Morgan fingerprint density at radius 1 is 1.40 bits per heavy atom. The zero-order chi connectivity index (χ0) is 15.2. The minimum Gasteiger partial charge on any atom is -0.478 e. The Hall–Kier alpha value is -1.62. The maximum atomic E-state index is 12.0. The van der Waals surface area contributed by atoms with Crippen LogP contribution in [0.4, 0.5) is 5.69 Å². The zero-order valence-electron chi connectivity index (χ0n) is 12.9. The van der Waals surface area contributed by atoms with Gasteiger partial charge >= 0.3 is 0 Å². The van der Waals surface area contributed by atoms with E-state index in [0.29, 0.717) is 18.2 Å². The van der Waals surface area contributed by atoms with Crippen molar-refractivity contribution < 1.29 is 14.3 Å². The van der Waals surface area contributed by atoms with Crippen LogP contribution in [-0.2, 0) is 9.53 Å². The third-order valence-corrected chi connectivity index (χ3v) is 3.11. The Balaban J connectivity index is 2.71. The van der Waals surface area contributed by atoms with Crippen molar-refractivity contribution in [1.82, 2.24) is 4.98 Å². The van der Waals surface area contributed by atoms with Crippen LogP contribution in [0.15, 0.2) is 12.1 Å². The molecule has 0 bridgehead atoms. The number of ether oxygens (including phenoxy) is 2. The minimum atomic E-state index is -0.872. The van der Waals surface area contributed by atoms with E-state index in [4.69, 9.17) is 9.47 Å². The standard InChI is InChI=1S/C15H24N2O3/c1-6-7-10-20-13-9-8-12(11(2)16-13)17-14(18)15(3,4)19-5/h8-9H,6-7,10H2,1-5H3,(H,17,18). The monoisotopic (exact) mass is 280 g/mol. The summed E-state index contributed by atoms with van der Waals surface area (Å²) in [5, 5.41) is 2.81. The maximum absolute atomic E-state index is 12.0. The van der Waals surface area contributed by atoms with Gasteiger partial charge in [0.2, 0.25) is 5.88 Å². The predicted molar refractivity (Wildman–Crippen MR) is 79.1 cm³/mol. The van der Waals surface area contributed by atoms with Crippen molar-refractivity contribution in [3.8, 4) is 5.88 Å². The Labute approximate surface area is 120 Å². The molecule has 0 aliphatic rings. The predicted octanol–water partition coefficient (Wildman–Crippen LogP) is 2.93. The van der Waals surface area contributed by atoms with Crippen LogP contribution in [0.1, 0.15) is 39.3 Å². The van der Waals surface area contributed by atoms with E-state index in [1.54, 1.807) is 26.0 Å². The Bertz CT molecular complexity index is 458. The molecule has 1 N–H and O–H groups in total. The molecule has 0 aliphatic carbocycles. The second-order valence-electron chi connectivity index (χ2n) is 5.15. The van der Waals surface area contributed by atoms with Crippen LogP contribution in [0, 0.1) is 6.92 Å². The molecular formula is C15H24N2O3. The van der Waals surface area contributed by atoms with E-state index >= 15 is 0 Å². The first-order valence-electron chi connectivity index (χ1n) is 6.87. The molecule has 1 heterocycles. The molecule has 1 amide bonds. The molecule has 112 valence electrons. The molecule has 0 fully saturated rings. The summed E-state index contributed by atoms with van der Waals surface area (Å²) in [6.07, 6.45) is 2.08. The van der Waals surface area contributed by atoms with Gasteiger partial charge in [-0.05, 0) is 33.3 Å². The third kappa shape index (κ3) is 4.49. The van der Waals surface area contributed by atoms with Gasteiger partial charge in [-0.15, -0.1) is 0 Å². The first-order chi connectivity index (χ1) is 9.40. The fourth-order valence-corrected chi connectivity index (χ4v) is 1.44. The number of pyridine rings is 1. The van der Waals surface area contributed by atoms with Crippen LogP contribution < -0.4 is 10.1 Å². The summed E-state index contributed by atoms with van der Waals surface area (Å²) in [5.41, 5.74) is 0.519. The lowest BCUT2D eigenvalue weighted by Gasteiger charge is -2.22. The van der Waals surface area contributed by atoms with Gasteiger partial charge in [0.25, 0.3) is 5.91 Å². The molecule has 0 saturated heterocycles. The lowest BCUT2D eigenvalue weighted by Crippen LogP contribution is -2.39. The summed E-state index contributed by atoms with van der Waals surface area (Å²) in [7, 11) is 1.51. The number of hydrogen-bond donors (Lipinski definition) is 1. The smallest absolute Gasteiger partial charge is 0.256 e. The van der Waals surface area contributed by atoms with Crippen molar-refractivity contribution in [1.29, 1.82) is 0 Å². The first kappa shape index (κ1) is 16.4. The fourth-order valence-electron chi connectivity index (χ4n) is 1.44. The van der Waals surface area contributed by atoms with Crippen LogP contribution in [0.5, 0.6) is 5.88 Å². The fraction of sp³-hybridized carbons (Fsp3) is 0.600. The Kier molecular flexibility index (Phi) is 5.95. The third-order valence-electron chi connectivity index (χ3n) is 3.11. The summed E-state index contributed by atoms with van der Waals surface area (Å²) in [5.74, 6) is 0.379. The molecule has 0 unspecified atom stereocenters.